The Morgan fingerprint density at radius 3 is 1.92 bits per heavy atom. The van der Waals surface area contributed by atoms with Crippen molar-refractivity contribution >= 4 is 10.0 Å². The first-order valence-electron chi connectivity index (χ1n) is 8.73. The molecule has 0 aliphatic heterocycles. The highest BCUT2D eigenvalue weighted by Gasteiger charge is 2.23. The lowest BCUT2D eigenvalue weighted by Gasteiger charge is -2.21. The van der Waals surface area contributed by atoms with Gasteiger partial charge in [0.05, 0.1) is 12.0 Å². The van der Waals surface area contributed by atoms with Crippen LogP contribution >= 0.6 is 0 Å². The molecule has 0 bridgehead atoms. The molecule has 0 aromatic heterocycles. The number of hydrogen-bond acceptors (Lipinski definition) is 3. The fraction of sp³-hybridized carbons (Fsp3) is 0.429. The second-order valence-corrected chi connectivity index (χ2v) is 9.46. The van der Waals surface area contributed by atoms with Crippen molar-refractivity contribution in [3.63, 3.8) is 0 Å². The molecular weight excluding hydrogens is 346 g/mol. The Kier molecular flexibility index (Phi) is 5.83. The quantitative estimate of drug-likeness (QED) is 0.828. The van der Waals surface area contributed by atoms with Crippen LogP contribution < -0.4 is 9.46 Å². The van der Waals surface area contributed by atoms with Gasteiger partial charge in [-0.3, -0.25) is 0 Å². The van der Waals surface area contributed by atoms with Gasteiger partial charge < -0.3 is 4.74 Å². The molecule has 0 unspecified atom stereocenters. The van der Waals surface area contributed by atoms with E-state index in [1.54, 1.807) is 33.1 Å². The Morgan fingerprint density at radius 1 is 1.00 bits per heavy atom. The van der Waals surface area contributed by atoms with E-state index in [1.165, 1.54) is 5.56 Å². The van der Waals surface area contributed by atoms with Crippen LogP contribution in [0.4, 0.5) is 0 Å². The normalized spacial score (nSPS) is 13.5. The van der Waals surface area contributed by atoms with Gasteiger partial charge in [-0.15, -0.1) is 0 Å². The SMILES string of the molecule is COc1cc(C)c(S(=O)(=O)N[C@H](C)c2ccc(C(C)(C)C)cc2)c(C)c1. The molecule has 26 heavy (non-hydrogen) atoms. The van der Waals surface area contributed by atoms with Gasteiger partial charge in [0.25, 0.3) is 0 Å². The highest BCUT2D eigenvalue weighted by Crippen LogP contribution is 2.28. The summed E-state index contributed by atoms with van der Waals surface area (Å²) in [7, 11) is -2.06. The summed E-state index contributed by atoms with van der Waals surface area (Å²) in [5, 5.41) is 0. The van der Waals surface area contributed by atoms with Crippen LogP contribution in [-0.2, 0) is 15.4 Å². The van der Waals surface area contributed by atoms with E-state index in [0.717, 1.165) is 5.56 Å². The molecule has 0 saturated heterocycles. The van der Waals surface area contributed by atoms with Crippen molar-refractivity contribution in [2.24, 2.45) is 0 Å². The van der Waals surface area contributed by atoms with E-state index in [-0.39, 0.29) is 11.5 Å². The van der Waals surface area contributed by atoms with Gasteiger partial charge in [0.2, 0.25) is 10.0 Å². The van der Waals surface area contributed by atoms with E-state index in [0.29, 0.717) is 21.8 Å². The summed E-state index contributed by atoms with van der Waals surface area (Å²) in [4.78, 5) is 0.316. The number of nitrogens with one attached hydrogen (secondary N) is 1. The van der Waals surface area contributed by atoms with Crippen molar-refractivity contribution in [3.8, 4) is 5.75 Å². The number of ether oxygens (including phenoxy) is 1. The molecule has 5 heteroatoms. The van der Waals surface area contributed by atoms with Gasteiger partial charge in [0, 0.05) is 6.04 Å². The van der Waals surface area contributed by atoms with Gasteiger partial charge in [-0.05, 0) is 60.6 Å². The molecule has 0 amide bonds. The molecule has 4 nitrogen and oxygen atoms in total. The van der Waals surface area contributed by atoms with Gasteiger partial charge in [0.15, 0.2) is 0 Å². The van der Waals surface area contributed by atoms with Crippen molar-refractivity contribution in [2.75, 3.05) is 7.11 Å². The summed E-state index contributed by atoms with van der Waals surface area (Å²) in [6, 6.07) is 11.3. The summed E-state index contributed by atoms with van der Waals surface area (Å²) < 4.78 is 33.9. The standard InChI is InChI=1S/C21H29NO3S/c1-14-12-19(25-7)13-15(2)20(14)26(23,24)22-16(3)17-8-10-18(11-9-17)21(4,5)6/h8-13,16,22H,1-7H3/t16-/m1/s1. The number of rotatable bonds is 5. The van der Waals surface area contributed by atoms with E-state index < -0.39 is 10.0 Å². The van der Waals surface area contributed by atoms with Gasteiger partial charge in [-0.25, -0.2) is 13.1 Å². The zero-order valence-electron chi connectivity index (χ0n) is 16.7. The first-order valence-corrected chi connectivity index (χ1v) is 10.2. The molecule has 0 heterocycles. The molecule has 0 radical (unpaired) electrons. The Hall–Kier alpha value is -1.85. The lowest BCUT2D eigenvalue weighted by molar-refractivity contribution is 0.413. The zero-order valence-corrected chi connectivity index (χ0v) is 17.5. The third-order valence-electron chi connectivity index (χ3n) is 4.55. The summed E-state index contributed by atoms with van der Waals surface area (Å²) in [6.45, 7) is 11.9. The minimum Gasteiger partial charge on any atom is -0.497 e. The zero-order chi connectivity index (χ0) is 19.7. The molecule has 2 rings (SSSR count). The molecule has 0 aliphatic rings. The maximum Gasteiger partial charge on any atom is 0.241 e. The van der Waals surface area contributed by atoms with Crippen molar-refractivity contribution < 1.29 is 13.2 Å². The fourth-order valence-electron chi connectivity index (χ4n) is 3.08. The molecule has 0 spiro atoms. The third-order valence-corrected chi connectivity index (χ3v) is 6.39. The van der Waals surface area contributed by atoms with Crippen LogP contribution in [0.3, 0.4) is 0 Å². The third kappa shape index (κ3) is 4.46. The first-order chi connectivity index (χ1) is 12.0. The minimum absolute atomic E-state index is 0.0680. The highest BCUT2D eigenvalue weighted by atomic mass is 32.2. The van der Waals surface area contributed by atoms with Crippen molar-refractivity contribution in [1.29, 1.82) is 0 Å². The van der Waals surface area contributed by atoms with E-state index in [2.05, 4.69) is 37.6 Å². The summed E-state index contributed by atoms with van der Waals surface area (Å²) in [6.07, 6.45) is 0. The van der Waals surface area contributed by atoms with Gasteiger partial charge in [-0.2, -0.15) is 0 Å². The van der Waals surface area contributed by atoms with Crippen molar-refractivity contribution in [3.05, 3.63) is 58.7 Å². The van der Waals surface area contributed by atoms with Crippen LogP contribution in [0.2, 0.25) is 0 Å². The van der Waals surface area contributed by atoms with E-state index in [1.807, 2.05) is 19.1 Å². The lowest BCUT2D eigenvalue weighted by Crippen LogP contribution is -2.28. The molecule has 0 saturated carbocycles. The van der Waals surface area contributed by atoms with Crippen LogP contribution in [0.5, 0.6) is 5.75 Å². The molecule has 2 aromatic carbocycles. The van der Waals surface area contributed by atoms with E-state index in [9.17, 15) is 8.42 Å². The number of sulfonamides is 1. The van der Waals surface area contributed by atoms with Gasteiger partial charge in [-0.1, -0.05) is 45.0 Å². The van der Waals surface area contributed by atoms with Crippen molar-refractivity contribution in [1.82, 2.24) is 4.72 Å². The van der Waals surface area contributed by atoms with Crippen LogP contribution in [0.1, 0.15) is 56.0 Å². The Labute approximate surface area is 157 Å². The molecule has 142 valence electrons. The fourth-order valence-corrected chi connectivity index (χ4v) is 4.77. The maximum atomic E-state index is 12.9. The second-order valence-electron chi connectivity index (χ2n) is 7.81. The monoisotopic (exact) mass is 375 g/mol. The predicted octanol–water partition coefficient (Wildman–Crippen LogP) is 4.65. The Balaban J connectivity index is 2.29. The smallest absolute Gasteiger partial charge is 0.241 e. The predicted molar refractivity (Wildman–Crippen MR) is 106 cm³/mol. The minimum atomic E-state index is -3.64. The van der Waals surface area contributed by atoms with Gasteiger partial charge >= 0.3 is 0 Å². The lowest BCUT2D eigenvalue weighted by atomic mass is 9.86. The van der Waals surface area contributed by atoms with Crippen LogP contribution in [0.15, 0.2) is 41.3 Å². The van der Waals surface area contributed by atoms with E-state index >= 15 is 0 Å². The number of methoxy groups -OCH3 is 1. The molecule has 1 atom stereocenters. The first kappa shape index (κ1) is 20.5. The van der Waals surface area contributed by atoms with Gasteiger partial charge in [0.1, 0.15) is 5.75 Å². The molecule has 0 aliphatic carbocycles. The number of aryl methyl sites for hydroxylation is 2. The van der Waals surface area contributed by atoms with Crippen LogP contribution in [0, 0.1) is 13.8 Å². The molecule has 2 aromatic rings. The number of hydrogen-bond donors (Lipinski definition) is 1. The topological polar surface area (TPSA) is 55.4 Å². The maximum absolute atomic E-state index is 12.9. The number of benzene rings is 2. The highest BCUT2D eigenvalue weighted by molar-refractivity contribution is 7.89. The van der Waals surface area contributed by atoms with Crippen LogP contribution in [-0.4, -0.2) is 15.5 Å². The summed E-state index contributed by atoms with van der Waals surface area (Å²) in [5.41, 5.74) is 3.57. The van der Waals surface area contributed by atoms with Crippen LogP contribution in [0.25, 0.3) is 0 Å². The second kappa shape index (κ2) is 7.41. The summed E-state index contributed by atoms with van der Waals surface area (Å²) >= 11 is 0. The Bertz CT molecular complexity index is 855. The molecule has 0 fully saturated rings. The average molecular weight is 376 g/mol. The average Bonchev–Trinajstić information content (AvgIpc) is 2.52. The Morgan fingerprint density at radius 2 is 1.50 bits per heavy atom. The molecular formula is C21H29NO3S. The van der Waals surface area contributed by atoms with E-state index in [4.69, 9.17) is 4.74 Å². The van der Waals surface area contributed by atoms with Crippen molar-refractivity contribution in [2.45, 2.75) is 57.9 Å². The largest absolute Gasteiger partial charge is 0.497 e. The summed E-state index contributed by atoms with van der Waals surface area (Å²) in [5.74, 6) is 0.657. The molecule has 1 N–H and O–H groups in total.